The van der Waals surface area contributed by atoms with Crippen LogP contribution in [0, 0.1) is 11.6 Å². The van der Waals surface area contributed by atoms with Crippen molar-refractivity contribution in [3.63, 3.8) is 0 Å². The third-order valence-electron chi connectivity index (χ3n) is 4.47. The summed E-state index contributed by atoms with van der Waals surface area (Å²) < 4.78 is 50.1. The second kappa shape index (κ2) is 4.49. The Balaban J connectivity index is 1.83. The molecule has 1 N–H and O–H groups in total. The lowest BCUT2D eigenvalue weighted by atomic mass is 9.87. The van der Waals surface area contributed by atoms with Gasteiger partial charge in [0.05, 0.1) is 16.1 Å². The van der Waals surface area contributed by atoms with E-state index in [2.05, 4.69) is 0 Å². The number of hydrogen-bond donors (Lipinski definition) is 1. The van der Waals surface area contributed by atoms with Crippen molar-refractivity contribution in [2.45, 2.75) is 48.2 Å². The molecule has 1 aromatic rings. The molecule has 2 aliphatic heterocycles. The maximum absolute atomic E-state index is 13.2. The van der Waals surface area contributed by atoms with Gasteiger partial charge >= 0.3 is 0 Å². The number of hydrogen-bond acceptors (Lipinski definition) is 3. The van der Waals surface area contributed by atoms with E-state index in [9.17, 15) is 22.3 Å². The normalized spacial score (nSPS) is 35.1. The van der Waals surface area contributed by atoms with E-state index >= 15 is 0 Å². The number of halogens is 2. The SMILES string of the molecule is O=S1(=O)C2CCC1CC(O)(Cc1ccc(F)c(F)c1)C2. The first kappa shape index (κ1) is 13.9. The summed E-state index contributed by atoms with van der Waals surface area (Å²) in [5.74, 6) is -1.87. The molecular formula is C14H16F2O3S. The van der Waals surface area contributed by atoms with Crippen LogP contribution in [0.25, 0.3) is 0 Å². The fourth-order valence-electron chi connectivity index (χ4n) is 3.51. The largest absolute Gasteiger partial charge is 0.389 e. The molecule has 0 saturated carbocycles. The molecule has 2 heterocycles. The highest BCUT2D eigenvalue weighted by molar-refractivity contribution is 7.93. The zero-order chi connectivity index (χ0) is 14.5. The molecule has 20 heavy (non-hydrogen) atoms. The number of benzene rings is 1. The Morgan fingerprint density at radius 2 is 1.75 bits per heavy atom. The van der Waals surface area contributed by atoms with Crippen LogP contribution < -0.4 is 0 Å². The van der Waals surface area contributed by atoms with Gasteiger partial charge in [-0.1, -0.05) is 6.07 Å². The molecule has 2 fully saturated rings. The summed E-state index contributed by atoms with van der Waals surface area (Å²) in [6, 6.07) is 3.53. The summed E-state index contributed by atoms with van der Waals surface area (Å²) in [5.41, 5.74) is -0.647. The minimum atomic E-state index is -3.10. The monoisotopic (exact) mass is 302 g/mol. The van der Waals surface area contributed by atoms with Crippen LogP contribution >= 0.6 is 0 Å². The van der Waals surface area contributed by atoms with E-state index in [1.807, 2.05) is 0 Å². The fourth-order valence-corrected chi connectivity index (χ4v) is 6.07. The Labute approximate surface area is 116 Å². The predicted octanol–water partition coefficient (Wildman–Crippen LogP) is 1.98. The van der Waals surface area contributed by atoms with Crippen LogP contribution in [-0.4, -0.2) is 29.6 Å². The summed E-state index contributed by atoms with van der Waals surface area (Å²) in [6.45, 7) is 0. The molecule has 2 aliphatic rings. The van der Waals surface area contributed by atoms with Crippen LogP contribution in [0.5, 0.6) is 0 Å². The van der Waals surface area contributed by atoms with Crippen LogP contribution in [-0.2, 0) is 16.3 Å². The average Bonchev–Trinajstić information content (AvgIpc) is 2.54. The Morgan fingerprint density at radius 3 is 2.30 bits per heavy atom. The quantitative estimate of drug-likeness (QED) is 0.909. The van der Waals surface area contributed by atoms with Gasteiger partial charge in [0, 0.05) is 6.42 Å². The van der Waals surface area contributed by atoms with E-state index < -0.39 is 37.6 Å². The van der Waals surface area contributed by atoms with Crippen LogP contribution in [0.4, 0.5) is 8.78 Å². The van der Waals surface area contributed by atoms with Crippen LogP contribution in [0.3, 0.4) is 0 Å². The summed E-state index contributed by atoms with van der Waals surface area (Å²) in [4.78, 5) is 0. The number of fused-ring (bicyclic) bond motifs is 2. The van der Waals surface area contributed by atoms with Gasteiger partial charge in [0.1, 0.15) is 0 Å². The average molecular weight is 302 g/mol. The van der Waals surface area contributed by atoms with Gasteiger partial charge in [-0.25, -0.2) is 17.2 Å². The summed E-state index contributed by atoms with van der Waals surface area (Å²) in [6.07, 6.45) is 1.71. The molecule has 3 rings (SSSR count). The molecule has 3 nitrogen and oxygen atoms in total. The molecule has 1 aromatic carbocycles. The van der Waals surface area contributed by atoms with Gasteiger partial charge in [0.15, 0.2) is 21.5 Å². The molecule has 0 spiro atoms. The van der Waals surface area contributed by atoms with E-state index in [1.54, 1.807) is 0 Å². The lowest BCUT2D eigenvalue weighted by Crippen LogP contribution is -2.46. The van der Waals surface area contributed by atoms with Crippen molar-refractivity contribution < 1.29 is 22.3 Å². The minimum Gasteiger partial charge on any atom is -0.389 e. The highest BCUT2D eigenvalue weighted by Crippen LogP contribution is 2.44. The van der Waals surface area contributed by atoms with Gasteiger partial charge in [-0.3, -0.25) is 0 Å². The first-order valence-electron chi connectivity index (χ1n) is 6.69. The smallest absolute Gasteiger partial charge is 0.159 e. The standard InChI is InChI=1S/C14H16F2O3S/c15-12-4-1-9(5-13(12)16)6-14(17)7-10-2-3-11(8-14)20(10,18)19/h1,4-5,10-11,17H,2-3,6-8H2. The van der Waals surface area contributed by atoms with Gasteiger partial charge in [0.2, 0.25) is 0 Å². The van der Waals surface area contributed by atoms with Gasteiger partial charge in [-0.15, -0.1) is 0 Å². The van der Waals surface area contributed by atoms with E-state index in [0.29, 0.717) is 18.4 Å². The molecule has 2 saturated heterocycles. The lowest BCUT2D eigenvalue weighted by Gasteiger charge is -2.36. The number of rotatable bonds is 2. The summed E-state index contributed by atoms with van der Waals surface area (Å²) in [7, 11) is -3.10. The molecule has 2 atom stereocenters. The zero-order valence-corrected chi connectivity index (χ0v) is 11.7. The van der Waals surface area contributed by atoms with Crippen LogP contribution in [0.15, 0.2) is 18.2 Å². The van der Waals surface area contributed by atoms with Crippen molar-refractivity contribution in [3.8, 4) is 0 Å². The minimum absolute atomic E-state index is 0.159. The second-order valence-electron chi connectivity index (χ2n) is 5.97. The van der Waals surface area contributed by atoms with Crippen molar-refractivity contribution in [2.75, 3.05) is 0 Å². The van der Waals surface area contributed by atoms with E-state index in [-0.39, 0.29) is 19.3 Å². The van der Waals surface area contributed by atoms with Gasteiger partial charge in [-0.05, 0) is 43.4 Å². The lowest BCUT2D eigenvalue weighted by molar-refractivity contribution is 0.0218. The summed E-state index contributed by atoms with van der Waals surface area (Å²) >= 11 is 0. The maximum atomic E-state index is 13.2. The third-order valence-corrected chi connectivity index (χ3v) is 7.14. The van der Waals surface area contributed by atoms with Crippen molar-refractivity contribution in [2.24, 2.45) is 0 Å². The molecule has 2 bridgehead atoms. The first-order chi connectivity index (χ1) is 9.30. The molecule has 0 aromatic heterocycles. The molecule has 0 amide bonds. The molecule has 6 heteroatoms. The Hall–Kier alpha value is -1.01. The predicted molar refractivity (Wildman–Crippen MR) is 70.0 cm³/mol. The topological polar surface area (TPSA) is 54.4 Å². The molecule has 0 radical (unpaired) electrons. The van der Waals surface area contributed by atoms with Crippen LogP contribution in [0.1, 0.15) is 31.2 Å². The Bertz CT molecular complexity index is 622. The zero-order valence-electron chi connectivity index (χ0n) is 10.9. The summed E-state index contributed by atoms with van der Waals surface area (Å²) in [5, 5.41) is 9.64. The molecule has 2 unspecified atom stereocenters. The molecule has 0 aliphatic carbocycles. The third kappa shape index (κ3) is 2.24. The van der Waals surface area contributed by atoms with E-state index in [0.717, 1.165) is 12.1 Å². The fraction of sp³-hybridized carbons (Fsp3) is 0.571. The van der Waals surface area contributed by atoms with Gasteiger partial charge < -0.3 is 5.11 Å². The van der Waals surface area contributed by atoms with Crippen molar-refractivity contribution >= 4 is 9.84 Å². The van der Waals surface area contributed by atoms with Gasteiger partial charge in [0.25, 0.3) is 0 Å². The van der Waals surface area contributed by atoms with E-state index in [4.69, 9.17) is 0 Å². The number of sulfone groups is 1. The Morgan fingerprint density at radius 1 is 1.15 bits per heavy atom. The number of aliphatic hydroxyl groups is 1. The van der Waals surface area contributed by atoms with E-state index in [1.165, 1.54) is 6.07 Å². The maximum Gasteiger partial charge on any atom is 0.159 e. The van der Waals surface area contributed by atoms with Crippen molar-refractivity contribution in [3.05, 3.63) is 35.4 Å². The highest BCUT2D eigenvalue weighted by Gasteiger charge is 2.52. The Kier molecular flexibility index (Phi) is 3.14. The second-order valence-corrected chi connectivity index (χ2v) is 8.48. The van der Waals surface area contributed by atoms with Crippen molar-refractivity contribution in [1.82, 2.24) is 0 Å². The molecule has 110 valence electrons. The van der Waals surface area contributed by atoms with Crippen LogP contribution in [0.2, 0.25) is 0 Å². The van der Waals surface area contributed by atoms with Crippen molar-refractivity contribution in [1.29, 1.82) is 0 Å². The first-order valence-corrected chi connectivity index (χ1v) is 8.30. The highest BCUT2D eigenvalue weighted by atomic mass is 32.2. The molecular weight excluding hydrogens is 286 g/mol. The van der Waals surface area contributed by atoms with Gasteiger partial charge in [-0.2, -0.15) is 0 Å².